The maximum atomic E-state index is 11.5. The minimum Gasteiger partial charge on any atom is -0.368 e. The van der Waals surface area contributed by atoms with Gasteiger partial charge in [0.15, 0.2) is 0 Å². The lowest BCUT2D eigenvalue weighted by Gasteiger charge is -2.33. The molecule has 0 radical (unpaired) electrons. The van der Waals surface area contributed by atoms with Gasteiger partial charge in [0.2, 0.25) is 5.91 Å². The average Bonchev–Trinajstić information content (AvgIpc) is 2.87. The predicted molar refractivity (Wildman–Crippen MR) is 69.6 cm³/mol. The summed E-state index contributed by atoms with van der Waals surface area (Å²) in [5.74, 6) is -0.232. The second-order valence-electron chi connectivity index (χ2n) is 4.62. The molecule has 4 N–H and O–H groups in total. The van der Waals surface area contributed by atoms with Crippen molar-refractivity contribution in [3.8, 4) is 0 Å². The summed E-state index contributed by atoms with van der Waals surface area (Å²) < 4.78 is 0. The number of amides is 1. The number of carbonyl (C=O) groups is 1. The van der Waals surface area contributed by atoms with Crippen LogP contribution in [0.4, 0.5) is 0 Å². The van der Waals surface area contributed by atoms with Gasteiger partial charge in [0.25, 0.3) is 0 Å². The summed E-state index contributed by atoms with van der Waals surface area (Å²) in [6.07, 6.45) is 1.87. The number of carbonyl (C=O) groups excluding carboxylic acids is 1. The van der Waals surface area contributed by atoms with Crippen molar-refractivity contribution in [3.63, 3.8) is 0 Å². The van der Waals surface area contributed by atoms with E-state index in [0.717, 1.165) is 19.4 Å². The number of rotatable bonds is 4. The molecule has 3 unspecified atom stereocenters. The van der Waals surface area contributed by atoms with Crippen LogP contribution in [0.1, 0.15) is 30.7 Å². The van der Waals surface area contributed by atoms with Crippen molar-refractivity contribution in [2.75, 3.05) is 6.54 Å². The van der Waals surface area contributed by atoms with E-state index in [1.54, 1.807) is 11.3 Å². The zero-order valence-corrected chi connectivity index (χ0v) is 10.8. The second kappa shape index (κ2) is 5.16. The maximum Gasteiger partial charge on any atom is 0.234 e. The van der Waals surface area contributed by atoms with Crippen molar-refractivity contribution in [1.29, 1.82) is 0 Å². The summed E-state index contributed by atoms with van der Waals surface area (Å²) in [6, 6.07) is 4.04. The molecule has 0 aliphatic carbocycles. The SMILES string of the molecule is CC(N)C(c1cccs1)N1CCCC1C(N)=O. The molecular weight excluding hydrogens is 234 g/mol. The quantitative estimate of drug-likeness (QED) is 0.843. The summed E-state index contributed by atoms with van der Waals surface area (Å²) >= 11 is 1.69. The molecule has 1 aliphatic rings. The van der Waals surface area contributed by atoms with Crippen molar-refractivity contribution in [2.45, 2.75) is 37.9 Å². The molecule has 0 spiro atoms. The van der Waals surface area contributed by atoms with Crippen LogP contribution in [0, 0.1) is 0 Å². The summed E-state index contributed by atoms with van der Waals surface area (Å²) in [6.45, 7) is 2.89. The Hall–Kier alpha value is -0.910. The fraction of sp³-hybridized carbons (Fsp3) is 0.583. The molecule has 1 amide bonds. The lowest BCUT2D eigenvalue weighted by molar-refractivity contribution is -0.123. The molecule has 1 aliphatic heterocycles. The number of hydrogen-bond acceptors (Lipinski definition) is 4. The number of nitrogens with two attached hydrogens (primary N) is 2. The maximum absolute atomic E-state index is 11.5. The summed E-state index contributed by atoms with van der Waals surface area (Å²) in [5.41, 5.74) is 11.5. The lowest BCUT2D eigenvalue weighted by Crippen LogP contribution is -2.47. The summed E-state index contributed by atoms with van der Waals surface area (Å²) in [7, 11) is 0. The molecule has 2 rings (SSSR count). The van der Waals surface area contributed by atoms with Crippen molar-refractivity contribution >= 4 is 17.2 Å². The van der Waals surface area contributed by atoms with Crippen molar-refractivity contribution < 1.29 is 4.79 Å². The largest absolute Gasteiger partial charge is 0.368 e. The molecule has 2 heterocycles. The second-order valence-corrected chi connectivity index (χ2v) is 5.60. The zero-order chi connectivity index (χ0) is 12.4. The Morgan fingerprint density at radius 3 is 2.94 bits per heavy atom. The molecule has 1 aromatic heterocycles. The Morgan fingerprint density at radius 1 is 1.65 bits per heavy atom. The molecule has 4 nitrogen and oxygen atoms in total. The van der Waals surface area contributed by atoms with Gasteiger partial charge < -0.3 is 11.5 Å². The molecule has 1 aromatic rings. The van der Waals surface area contributed by atoms with Crippen molar-refractivity contribution in [2.24, 2.45) is 11.5 Å². The number of likely N-dealkylation sites (tertiary alicyclic amines) is 1. The third-order valence-electron chi connectivity index (χ3n) is 3.31. The molecule has 1 saturated heterocycles. The van der Waals surface area contributed by atoms with Crippen LogP contribution in [-0.2, 0) is 4.79 Å². The molecule has 0 saturated carbocycles. The Kier molecular flexibility index (Phi) is 3.81. The van der Waals surface area contributed by atoms with E-state index in [9.17, 15) is 4.79 Å². The van der Waals surface area contributed by atoms with Gasteiger partial charge in [-0.3, -0.25) is 9.69 Å². The van der Waals surface area contributed by atoms with Gasteiger partial charge in [0.1, 0.15) is 0 Å². The van der Waals surface area contributed by atoms with Gasteiger partial charge in [-0.1, -0.05) is 6.07 Å². The number of hydrogen-bond donors (Lipinski definition) is 2. The highest BCUT2D eigenvalue weighted by atomic mass is 32.1. The number of nitrogens with zero attached hydrogens (tertiary/aromatic N) is 1. The molecule has 17 heavy (non-hydrogen) atoms. The molecular formula is C12H19N3OS. The smallest absolute Gasteiger partial charge is 0.234 e. The third kappa shape index (κ3) is 2.51. The van der Waals surface area contributed by atoms with Crippen LogP contribution in [0.3, 0.4) is 0 Å². The molecule has 1 fully saturated rings. The summed E-state index contributed by atoms with van der Waals surface area (Å²) in [4.78, 5) is 14.8. The van der Waals surface area contributed by atoms with Crippen LogP contribution in [-0.4, -0.2) is 29.4 Å². The van der Waals surface area contributed by atoms with Crippen LogP contribution >= 0.6 is 11.3 Å². The minimum atomic E-state index is -0.232. The van der Waals surface area contributed by atoms with E-state index in [-0.39, 0.29) is 24.0 Å². The van der Waals surface area contributed by atoms with Crippen LogP contribution in [0.15, 0.2) is 17.5 Å². The Morgan fingerprint density at radius 2 is 2.41 bits per heavy atom. The first-order valence-corrected chi connectivity index (χ1v) is 6.83. The fourth-order valence-corrected chi connectivity index (χ4v) is 3.57. The van der Waals surface area contributed by atoms with Gasteiger partial charge in [-0.2, -0.15) is 0 Å². The van der Waals surface area contributed by atoms with Crippen LogP contribution in [0.5, 0.6) is 0 Å². The molecule has 94 valence electrons. The molecule has 3 atom stereocenters. The topological polar surface area (TPSA) is 72.3 Å². The van der Waals surface area contributed by atoms with Crippen LogP contribution in [0.2, 0.25) is 0 Å². The van der Waals surface area contributed by atoms with E-state index in [0.29, 0.717) is 0 Å². The first kappa shape index (κ1) is 12.5. The first-order chi connectivity index (χ1) is 8.11. The van der Waals surface area contributed by atoms with E-state index in [2.05, 4.69) is 11.0 Å². The van der Waals surface area contributed by atoms with E-state index in [1.807, 2.05) is 18.4 Å². The van der Waals surface area contributed by atoms with Gasteiger partial charge in [0, 0.05) is 10.9 Å². The lowest BCUT2D eigenvalue weighted by atomic mass is 10.1. The molecule has 0 bridgehead atoms. The highest BCUT2D eigenvalue weighted by Gasteiger charge is 2.36. The molecule has 5 heteroatoms. The Labute approximate surface area is 106 Å². The van der Waals surface area contributed by atoms with E-state index in [1.165, 1.54) is 4.88 Å². The van der Waals surface area contributed by atoms with Gasteiger partial charge in [-0.05, 0) is 37.8 Å². The fourth-order valence-electron chi connectivity index (χ4n) is 2.61. The van der Waals surface area contributed by atoms with Crippen molar-refractivity contribution in [1.82, 2.24) is 4.90 Å². The van der Waals surface area contributed by atoms with Gasteiger partial charge in [-0.15, -0.1) is 11.3 Å². The Bertz CT molecular complexity index is 377. The first-order valence-electron chi connectivity index (χ1n) is 5.95. The van der Waals surface area contributed by atoms with Crippen molar-refractivity contribution in [3.05, 3.63) is 22.4 Å². The monoisotopic (exact) mass is 253 g/mol. The predicted octanol–water partition coefficient (Wildman–Crippen LogP) is 1.09. The van der Waals surface area contributed by atoms with Crippen LogP contribution in [0.25, 0.3) is 0 Å². The highest BCUT2D eigenvalue weighted by Crippen LogP contribution is 2.33. The zero-order valence-electron chi connectivity index (χ0n) is 10.0. The highest BCUT2D eigenvalue weighted by molar-refractivity contribution is 7.10. The normalized spacial score (nSPS) is 24.7. The van der Waals surface area contributed by atoms with Crippen LogP contribution < -0.4 is 11.5 Å². The minimum absolute atomic E-state index is 0.00593. The van der Waals surface area contributed by atoms with E-state index < -0.39 is 0 Å². The van der Waals surface area contributed by atoms with E-state index >= 15 is 0 Å². The third-order valence-corrected chi connectivity index (χ3v) is 4.26. The van der Waals surface area contributed by atoms with Gasteiger partial charge in [0.05, 0.1) is 12.1 Å². The van der Waals surface area contributed by atoms with Gasteiger partial charge in [-0.25, -0.2) is 0 Å². The number of primary amides is 1. The average molecular weight is 253 g/mol. The molecule has 0 aromatic carbocycles. The van der Waals surface area contributed by atoms with Gasteiger partial charge >= 0.3 is 0 Å². The summed E-state index contributed by atoms with van der Waals surface area (Å²) in [5, 5.41) is 2.04. The Balaban J connectivity index is 2.25. The number of thiophene rings is 1. The standard InChI is InChI=1S/C12H19N3OS/c1-8(13)11(10-5-3-7-17-10)15-6-2-4-9(15)12(14)16/h3,5,7-9,11H,2,4,6,13H2,1H3,(H2,14,16). The van der Waals surface area contributed by atoms with E-state index in [4.69, 9.17) is 11.5 Å².